The zero-order valence-electron chi connectivity index (χ0n) is 10.5. The molecule has 0 unspecified atom stereocenters. The van der Waals surface area contributed by atoms with Crippen LogP contribution in [0.1, 0.15) is 5.76 Å². The summed E-state index contributed by atoms with van der Waals surface area (Å²) in [6.07, 6.45) is 0. The molecule has 4 nitrogen and oxygen atoms in total. The number of aromatic nitrogens is 1. The Kier molecular flexibility index (Phi) is 3.20. The van der Waals surface area contributed by atoms with Crippen molar-refractivity contribution in [1.82, 2.24) is 5.16 Å². The first kappa shape index (κ1) is 13.1. The molecule has 1 aromatic carbocycles. The number of nitrogens with zero attached hydrogens (tertiary/aromatic N) is 1. The van der Waals surface area contributed by atoms with Gasteiger partial charge in [0, 0.05) is 10.6 Å². The standard InChI is InChI=1S/C14H10Cl2N2O2/c1-7-2-5-11(19-7)13-12(14(17)20-18-13)9-4-3-8(15)6-10(9)16/h2-6H,17H2,1H3. The average molecular weight is 309 g/mol. The van der Waals surface area contributed by atoms with Crippen LogP contribution in [0.25, 0.3) is 22.6 Å². The Bertz CT molecular complexity index is 777. The Morgan fingerprint density at radius 2 is 1.95 bits per heavy atom. The van der Waals surface area contributed by atoms with E-state index in [0.717, 1.165) is 5.76 Å². The van der Waals surface area contributed by atoms with Crippen LogP contribution in [0.4, 0.5) is 5.88 Å². The normalized spacial score (nSPS) is 10.9. The molecule has 6 heteroatoms. The third kappa shape index (κ3) is 2.17. The number of nitrogens with two attached hydrogens (primary N) is 1. The average Bonchev–Trinajstić information content (AvgIpc) is 2.96. The van der Waals surface area contributed by atoms with E-state index in [2.05, 4.69) is 5.16 Å². The van der Waals surface area contributed by atoms with Gasteiger partial charge in [-0.15, -0.1) is 0 Å². The predicted octanol–water partition coefficient (Wildman–Crippen LogP) is 4.80. The van der Waals surface area contributed by atoms with Gasteiger partial charge < -0.3 is 14.7 Å². The molecule has 2 heterocycles. The molecule has 0 aliphatic carbocycles. The fourth-order valence-electron chi connectivity index (χ4n) is 1.99. The second-order valence-electron chi connectivity index (χ2n) is 4.30. The minimum Gasteiger partial charge on any atom is -0.460 e. The molecule has 0 radical (unpaired) electrons. The number of halogens is 2. The van der Waals surface area contributed by atoms with Gasteiger partial charge in [-0.3, -0.25) is 0 Å². The van der Waals surface area contributed by atoms with Gasteiger partial charge in [0.1, 0.15) is 5.76 Å². The van der Waals surface area contributed by atoms with Crippen molar-refractivity contribution in [1.29, 1.82) is 0 Å². The summed E-state index contributed by atoms with van der Waals surface area (Å²) in [5, 5.41) is 4.97. The highest BCUT2D eigenvalue weighted by Gasteiger charge is 2.21. The van der Waals surface area contributed by atoms with Crippen molar-refractivity contribution < 1.29 is 8.94 Å². The number of aryl methyl sites for hydroxylation is 1. The molecular weight excluding hydrogens is 299 g/mol. The Morgan fingerprint density at radius 3 is 2.60 bits per heavy atom. The second-order valence-corrected chi connectivity index (χ2v) is 5.15. The van der Waals surface area contributed by atoms with Crippen molar-refractivity contribution in [2.24, 2.45) is 0 Å². The summed E-state index contributed by atoms with van der Waals surface area (Å²) in [7, 11) is 0. The molecule has 20 heavy (non-hydrogen) atoms. The number of benzene rings is 1. The summed E-state index contributed by atoms with van der Waals surface area (Å²) in [4.78, 5) is 0. The van der Waals surface area contributed by atoms with E-state index in [4.69, 9.17) is 37.9 Å². The monoisotopic (exact) mass is 308 g/mol. The molecule has 0 saturated carbocycles. The summed E-state index contributed by atoms with van der Waals surface area (Å²) in [5.41, 5.74) is 7.67. The van der Waals surface area contributed by atoms with Crippen molar-refractivity contribution in [3.63, 3.8) is 0 Å². The Balaban J connectivity index is 2.21. The Labute approximate surface area is 125 Å². The van der Waals surface area contributed by atoms with Crippen molar-refractivity contribution >= 4 is 29.1 Å². The molecular formula is C14H10Cl2N2O2. The van der Waals surface area contributed by atoms with Gasteiger partial charge in [-0.2, -0.15) is 0 Å². The largest absolute Gasteiger partial charge is 0.460 e. The van der Waals surface area contributed by atoms with Crippen LogP contribution < -0.4 is 5.73 Å². The van der Waals surface area contributed by atoms with Crippen molar-refractivity contribution in [3.8, 4) is 22.6 Å². The van der Waals surface area contributed by atoms with Crippen LogP contribution in [0, 0.1) is 6.92 Å². The molecule has 3 rings (SSSR count). The number of furan rings is 1. The summed E-state index contributed by atoms with van der Waals surface area (Å²) in [6.45, 7) is 1.85. The minimum atomic E-state index is 0.179. The van der Waals surface area contributed by atoms with E-state index in [1.807, 2.05) is 13.0 Å². The van der Waals surface area contributed by atoms with E-state index in [-0.39, 0.29) is 5.88 Å². The maximum atomic E-state index is 6.22. The van der Waals surface area contributed by atoms with Gasteiger partial charge in [0.05, 0.1) is 10.6 Å². The lowest BCUT2D eigenvalue weighted by Crippen LogP contribution is -1.88. The predicted molar refractivity (Wildman–Crippen MR) is 78.8 cm³/mol. The van der Waals surface area contributed by atoms with E-state index in [1.54, 1.807) is 24.3 Å². The molecule has 2 aromatic heterocycles. The number of rotatable bonds is 2. The first-order chi connectivity index (χ1) is 9.56. The molecule has 0 fully saturated rings. The molecule has 3 aromatic rings. The lowest BCUT2D eigenvalue weighted by molar-refractivity contribution is 0.435. The highest BCUT2D eigenvalue weighted by Crippen LogP contribution is 2.40. The van der Waals surface area contributed by atoms with Crippen LogP contribution in [0.2, 0.25) is 10.0 Å². The van der Waals surface area contributed by atoms with Gasteiger partial charge in [-0.25, -0.2) is 0 Å². The van der Waals surface area contributed by atoms with Crippen molar-refractivity contribution in [3.05, 3.63) is 46.1 Å². The molecule has 0 spiro atoms. The molecule has 2 N–H and O–H groups in total. The number of nitrogen functional groups attached to an aromatic ring is 1. The van der Waals surface area contributed by atoms with Gasteiger partial charge in [0.2, 0.25) is 5.88 Å². The van der Waals surface area contributed by atoms with E-state index < -0.39 is 0 Å². The maximum Gasteiger partial charge on any atom is 0.230 e. The molecule has 102 valence electrons. The lowest BCUT2D eigenvalue weighted by atomic mass is 10.0. The van der Waals surface area contributed by atoms with Gasteiger partial charge in [0.25, 0.3) is 0 Å². The van der Waals surface area contributed by atoms with E-state index in [1.165, 1.54) is 0 Å². The van der Waals surface area contributed by atoms with Crippen LogP contribution in [-0.2, 0) is 0 Å². The third-order valence-corrected chi connectivity index (χ3v) is 3.44. The highest BCUT2D eigenvalue weighted by atomic mass is 35.5. The molecule has 0 atom stereocenters. The van der Waals surface area contributed by atoms with Crippen LogP contribution in [0.5, 0.6) is 0 Å². The van der Waals surface area contributed by atoms with Gasteiger partial charge in [-0.1, -0.05) is 34.4 Å². The fraction of sp³-hybridized carbons (Fsp3) is 0.0714. The Hall–Kier alpha value is -1.91. The zero-order valence-corrected chi connectivity index (χ0v) is 12.0. The van der Waals surface area contributed by atoms with Gasteiger partial charge in [-0.05, 0) is 31.2 Å². The van der Waals surface area contributed by atoms with E-state index >= 15 is 0 Å². The highest BCUT2D eigenvalue weighted by molar-refractivity contribution is 6.36. The first-order valence-electron chi connectivity index (χ1n) is 5.83. The minimum absolute atomic E-state index is 0.179. The maximum absolute atomic E-state index is 6.22. The van der Waals surface area contributed by atoms with E-state index in [0.29, 0.717) is 32.6 Å². The van der Waals surface area contributed by atoms with Crippen LogP contribution in [0.15, 0.2) is 39.3 Å². The lowest BCUT2D eigenvalue weighted by Gasteiger charge is -2.04. The smallest absolute Gasteiger partial charge is 0.230 e. The summed E-state index contributed by atoms with van der Waals surface area (Å²) >= 11 is 12.1. The molecule has 0 bridgehead atoms. The summed E-state index contributed by atoms with van der Waals surface area (Å²) in [5.74, 6) is 1.52. The second kappa shape index (κ2) is 4.89. The topological polar surface area (TPSA) is 65.2 Å². The summed E-state index contributed by atoms with van der Waals surface area (Å²) in [6, 6.07) is 8.79. The first-order valence-corrected chi connectivity index (χ1v) is 6.59. The van der Waals surface area contributed by atoms with Gasteiger partial charge in [0.15, 0.2) is 11.5 Å². The van der Waals surface area contributed by atoms with Crippen LogP contribution in [0.3, 0.4) is 0 Å². The number of hydrogen-bond donors (Lipinski definition) is 1. The SMILES string of the molecule is Cc1ccc(-c2noc(N)c2-c2ccc(Cl)cc2Cl)o1. The molecule has 0 aliphatic rings. The summed E-state index contributed by atoms with van der Waals surface area (Å²) < 4.78 is 10.6. The van der Waals surface area contributed by atoms with Crippen molar-refractivity contribution in [2.75, 3.05) is 5.73 Å². The van der Waals surface area contributed by atoms with Gasteiger partial charge >= 0.3 is 0 Å². The fourth-order valence-corrected chi connectivity index (χ4v) is 2.49. The zero-order chi connectivity index (χ0) is 14.3. The van der Waals surface area contributed by atoms with Crippen LogP contribution >= 0.6 is 23.2 Å². The van der Waals surface area contributed by atoms with Crippen molar-refractivity contribution in [2.45, 2.75) is 6.92 Å². The Morgan fingerprint density at radius 1 is 1.15 bits per heavy atom. The molecule has 0 saturated heterocycles. The van der Waals surface area contributed by atoms with Crippen LogP contribution in [-0.4, -0.2) is 5.16 Å². The number of anilines is 1. The quantitative estimate of drug-likeness (QED) is 0.738. The molecule has 0 amide bonds. The van der Waals surface area contributed by atoms with E-state index in [9.17, 15) is 0 Å². The molecule has 0 aliphatic heterocycles. The third-order valence-electron chi connectivity index (χ3n) is 2.89. The number of hydrogen-bond acceptors (Lipinski definition) is 4.